The van der Waals surface area contributed by atoms with Crippen LogP contribution in [0, 0.1) is 17.2 Å². The molecule has 0 spiro atoms. The Labute approximate surface area is 176 Å². The van der Waals surface area contributed by atoms with Gasteiger partial charge in [-0.05, 0) is 41.9 Å². The smallest absolute Gasteiger partial charge is 0.237 e. The molecule has 1 heterocycles. The van der Waals surface area contributed by atoms with E-state index in [0.717, 1.165) is 42.4 Å². The predicted molar refractivity (Wildman–Crippen MR) is 118 cm³/mol. The van der Waals surface area contributed by atoms with Crippen molar-refractivity contribution in [1.82, 2.24) is 0 Å². The van der Waals surface area contributed by atoms with Gasteiger partial charge in [-0.1, -0.05) is 74.0 Å². The molecule has 1 atom stereocenters. The molecule has 29 heavy (non-hydrogen) atoms. The Morgan fingerprint density at radius 1 is 1.14 bits per heavy atom. The fraction of sp³-hybridized carbons (Fsp3) is 0.280. The number of fused-ring (bicyclic) bond motifs is 1. The van der Waals surface area contributed by atoms with E-state index in [-0.39, 0.29) is 5.91 Å². The number of carbonyl (C=O) groups excluding carboxylic acids is 1. The van der Waals surface area contributed by atoms with Crippen LogP contribution >= 0.6 is 11.3 Å². The van der Waals surface area contributed by atoms with Crippen molar-refractivity contribution in [3.05, 3.63) is 87.8 Å². The lowest BCUT2D eigenvalue weighted by Crippen LogP contribution is -2.22. The molecule has 1 aliphatic carbocycles. The maximum absolute atomic E-state index is 13.4. The summed E-state index contributed by atoms with van der Waals surface area (Å²) in [5.41, 5.74) is 3.70. The van der Waals surface area contributed by atoms with E-state index >= 15 is 0 Å². The van der Waals surface area contributed by atoms with Gasteiger partial charge in [0.05, 0.1) is 11.5 Å². The summed E-state index contributed by atoms with van der Waals surface area (Å²) in [6.45, 7) is 2.22. The molecule has 146 valence electrons. The van der Waals surface area contributed by atoms with Crippen LogP contribution < -0.4 is 5.32 Å². The summed E-state index contributed by atoms with van der Waals surface area (Å²) < 4.78 is 0. The maximum atomic E-state index is 13.4. The van der Waals surface area contributed by atoms with Crippen molar-refractivity contribution < 1.29 is 4.79 Å². The van der Waals surface area contributed by atoms with Crippen LogP contribution in [-0.4, -0.2) is 5.91 Å². The van der Waals surface area contributed by atoms with Gasteiger partial charge in [0.2, 0.25) is 5.91 Å². The van der Waals surface area contributed by atoms with Gasteiger partial charge >= 0.3 is 0 Å². The zero-order valence-electron chi connectivity index (χ0n) is 16.5. The van der Waals surface area contributed by atoms with Crippen molar-refractivity contribution in [3.63, 3.8) is 0 Å². The van der Waals surface area contributed by atoms with E-state index in [0.29, 0.717) is 16.5 Å². The van der Waals surface area contributed by atoms with Gasteiger partial charge in [-0.25, -0.2) is 0 Å². The number of rotatable bonds is 5. The molecule has 3 aromatic rings. The Balaban J connectivity index is 1.67. The van der Waals surface area contributed by atoms with Crippen molar-refractivity contribution >= 4 is 22.2 Å². The third-order valence-electron chi connectivity index (χ3n) is 5.82. The van der Waals surface area contributed by atoms with Gasteiger partial charge in [0, 0.05) is 4.88 Å². The summed E-state index contributed by atoms with van der Waals surface area (Å²) in [4.78, 5) is 14.7. The molecule has 0 saturated heterocycles. The molecule has 1 aromatic heterocycles. The Hall–Kier alpha value is -2.90. The number of amides is 1. The monoisotopic (exact) mass is 400 g/mol. The van der Waals surface area contributed by atoms with Crippen LogP contribution in [0.1, 0.15) is 52.8 Å². The zero-order valence-corrected chi connectivity index (χ0v) is 17.3. The number of nitrogens with one attached hydrogen (secondary N) is 1. The minimum atomic E-state index is -0.411. The predicted octanol–water partition coefficient (Wildman–Crippen LogP) is 5.91. The molecule has 2 aromatic carbocycles. The van der Waals surface area contributed by atoms with E-state index in [2.05, 4.69) is 18.3 Å². The number of nitriles is 1. The van der Waals surface area contributed by atoms with E-state index in [4.69, 9.17) is 0 Å². The highest BCUT2D eigenvalue weighted by atomic mass is 32.1. The first-order valence-electron chi connectivity index (χ1n) is 10.2. The third kappa shape index (κ3) is 3.97. The van der Waals surface area contributed by atoms with Gasteiger partial charge in [0.1, 0.15) is 11.1 Å². The van der Waals surface area contributed by atoms with Crippen LogP contribution in [0.25, 0.3) is 0 Å². The molecule has 4 rings (SSSR count). The van der Waals surface area contributed by atoms with Crippen LogP contribution in [0.5, 0.6) is 0 Å². The summed E-state index contributed by atoms with van der Waals surface area (Å²) in [7, 11) is 0. The second-order valence-electron chi connectivity index (χ2n) is 7.58. The van der Waals surface area contributed by atoms with Crippen LogP contribution in [0.3, 0.4) is 0 Å². The fourth-order valence-electron chi connectivity index (χ4n) is 4.18. The highest BCUT2D eigenvalue weighted by molar-refractivity contribution is 7.16. The van der Waals surface area contributed by atoms with Gasteiger partial charge in [-0.15, -0.1) is 11.3 Å². The average molecular weight is 401 g/mol. The van der Waals surface area contributed by atoms with Crippen LogP contribution in [0.2, 0.25) is 0 Å². The number of nitrogens with zero attached hydrogens (tertiary/aromatic N) is 1. The molecule has 0 saturated carbocycles. The highest BCUT2D eigenvalue weighted by Gasteiger charge is 2.28. The van der Waals surface area contributed by atoms with Crippen LogP contribution in [0.15, 0.2) is 60.7 Å². The molecule has 0 fully saturated rings. The first-order chi connectivity index (χ1) is 14.2. The summed E-state index contributed by atoms with van der Waals surface area (Å²) in [6.07, 6.45) is 4.23. The van der Waals surface area contributed by atoms with Crippen molar-refractivity contribution in [3.8, 4) is 6.07 Å². The average Bonchev–Trinajstić information content (AvgIpc) is 3.11. The number of carbonyl (C=O) groups is 1. The Kier molecular flexibility index (Phi) is 5.78. The third-order valence-corrected chi connectivity index (χ3v) is 6.99. The van der Waals surface area contributed by atoms with Gasteiger partial charge in [0.25, 0.3) is 0 Å². The fourth-order valence-corrected chi connectivity index (χ4v) is 5.49. The first-order valence-corrected chi connectivity index (χ1v) is 11.0. The lowest BCUT2D eigenvalue weighted by molar-refractivity contribution is -0.116. The van der Waals surface area contributed by atoms with Gasteiger partial charge in [-0.2, -0.15) is 5.26 Å². The van der Waals surface area contributed by atoms with Gasteiger partial charge < -0.3 is 5.32 Å². The SMILES string of the molecule is CCC1CCc2c(sc(NC(=O)C(c3ccccc3)c3ccccc3)c2C#N)C1. The standard InChI is InChI=1S/C25H24N2OS/c1-2-17-13-14-20-21(16-26)25(29-22(20)15-17)27-24(28)23(18-9-5-3-6-10-18)19-11-7-4-8-12-19/h3-12,17,23H,2,13-15H2,1H3,(H,27,28). The summed E-state index contributed by atoms with van der Waals surface area (Å²) >= 11 is 1.59. The molecular weight excluding hydrogens is 376 g/mol. The van der Waals surface area contributed by atoms with Gasteiger partial charge in [0.15, 0.2) is 0 Å². The lowest BCUT2D eigenvalue weighted by atomic mass is 9.86. The topological polar surface area (TPSA) is 52.9 Å². The number of thiophene rings is 1. The Morgan fingerprint density at radius 3 is 2.31 bits per heavy atom. The van der Waals surface area contributed by atoms with E-state index in [1.165, 1.54) is 4.88 Å². The number of anilines is 1. The van der Waals surface area contributed by atoms with Gasteiger partial charge in [-0.3, -0.25) is 4.79 Å². The minimum Gasteiger partial charge on any atom is -0.316 e. The molecule has 3 nitrogen and oxygen atoms in total. The highest BCUT2D eigenvalue weighted by Crippen LogP contribution is 2.40. The summed E-state index contributed by atoms with van der Waals surface area (Å²) in [6, 6.07) is 22.0. The molecule has 1 N–H and O–H groups in total. The van der Waals surface area contributed by atoms with E-state index in [1.807, 2.05) is 60.7 Å². The quantitative estimate of drug-likeness (QED) is 0.579. The summed E-state index contributed by atoms with van der Waals surface area (Å²) in [5.74, 6) is 0.175. The minimum absolute atomic E-state index is 0.0930. The lowest BCUT2D eigenvalue weighted by Gasteiger charge is -2.20. The molecule has 1 unspecified atom stereocenters. The Bertz CT molecular complexity index is 994. The number of hydrogen-bond acceptors (Lipinski definition) is 3. The molecular formula is C25H24N2OS. The van der Waals surface area contributed by atoms with Crippen molar-refractivity contribution in [2.24, 2.45) is 5.92 Å². The van der Waals surface area contributed by atoms with Crippen molar-refractivity contribution in [1.29, 1.82) is 5.26 Å². The van der Waals surface area contributed by atoms with E-state index in [9.17, 15) is 10.1 Å². The summed E-state index contributed by atoms with van der Waals surface area (Å²) in [5, 5.41) is 13.6. The second kappa shape index (κ2) is 8.63. The Morgan fingerprint density at radius 2 is 1.76 bits per heavy atom. The van der Waals surface area contributed by atoms with Crippen LogP contribution in [0.4, 0.5) is 5.00 Å². The molecule has 0 aliphatic heterocycles. The maximum Gasteiger partial charge on any atom is 0.237 e. The molecule has 0 radical (unpaired) electrons. The van der Waals surface area contributed by atoms with E-state index < -0.39 is 5.92 Å². The number of benzene rings is 2. The second-order valence-corrected chi connectivity index (χ2v) is 8.69. The van der Waals surface area contributed by atoms with Crippen molar-refractivity contribution in [2.75, 3.05) is 5.32 Å². The van der Waals surface area contributed by atoms with E-state index in [1.54, 1.807) is 11.3 Å². The van der Waals surface area contributed by atoms with Crippen molar-refractivity contribution in [2.45, 2.75) is 38.5 Å². The zero-order chi connectivity index (χ0) is 20.2. The molecule has 1 amide bonds. The first kappa shape index (κ1) is 19.4. The largest absolute Gasteiger partial charge is 0.316 e. The number of hydrogen-bond donors (Lipinski definition) is 1. The molecule has 4 heteroatoms. The molecule has 0 bridgehead atoms. The molecule has 1 aliphatic rings. The van der Waals surface area contributed by atoms with Crippen LogP contribution in [-0.2, 0) is 17.6 Å². The normalized spacial score (nSPS) is 15.6.